The number of para-hydroxylation sites is 1. The normalized spacial score (nSPS) is 10.9. The molecule has 0 heterocycles. The molecule has 19 heavy (non-hydrogen) atoms. The number of hydrogen-bond acceptors (Lipinski definition) is 4. The summed E-state index contributed by atoms with van der Waals surface area (Å²) in [6.07, 6.45) is 0.115. The summed E-state index contributed by atoms with van der Waals surface area (Å²) in [5, 5.41) is 0. The quantitative estimate of drug-likeness (QED) is 0.825. The highest BCUT2D eigenvalue weighted by molar-refractivity contribution is 5.95. The van der Waals surface area contributed by atoms with Crippen LogP contribution in [0, 0.1) is 0 Å². The summed E-state index contributed by atoms with van der Waals surface area (Å²) >= 11 is 0. The van der Waals surface area contributed by atoms with E-state index in [0.717, 1.165) is 0 Å². The summed E-state index contributed by atoms with van der Waals surface area (Å²) in [5.41, 5.74) is 5.00. The number of hydrogen-bond donors (Lipinski definition) is 1. The minimum atomic E-state index is -0.562. The first kappa shape index (κ1) is 15.0. The summed E-state index contributed by atoms with van der Waals surface area (Å²) in [6, 6.07) is 6.64. The van der Waals surface area contributed by atoms with E-state index in [0.29, 0.717) is 11.3 Å². The second kappa shape index (κ2) is 6.22. The van der Waals surface area contributed by atoms with Gasteiger partial charge in [0.2, 0.25) is 0 Å². The number of nitrogens with two attached hydrogens (primary N) is 1. The molecule has 0 atom stereocenters. The van der Waals surface area contributed by atoms with E-state index in [-0.39, 0.29) is 19.0 Å². The van der Waals surface area contributed by atoms with Crippen molar-refractivity contribution >= 4 is 11.9 Å². The number of carbonyl (C=O) groups is 2. The first-order chi connectivity index (χ1) is 8.79. The van der Waals surface area contributed by atoms with Crippen LogP contribution in [0.5, 0.6) is 5.75 Å². The molecule has 0 radical (unpaired) electrons. The summed E-state index contributed by atoms with van der Waals surface area (Å²) in [5.74, 6) is -0.532. The molecule has 1 amide bonds. The van der Waals surface area contributed by atoms with Gasteiger partial charge in [0.25, 0.3) is 5.91 Å². The van der Waals surface area contributed by atoms with E-state index in [2.05, 4.69) is 0 Å². The van der Waals surface area contributed by atoms with E-state index in [4.69, 9.17) is 15.2 Å². The van der Waals surface area contributed by atoms with Gasteiger partial charge in [-0.2, -0.15) is 0 Å². The fraction of sp³-hybridized carbons (Fsp3) is 0.429. The van der Waals surface area contributed by atoms with Crippen LogP contribution in [0.1, 0.15) is 37.6 Å². The van der Waals surface area contributed by atoms with Crippen molar-refractivity contribution in [3.63, 3.8) is 0 Å². The molecule has 1 aromatic carbocycles. The largest absolute Gasteiger partial charge is 0.492 e. The smallest absolute Gasteiger partial charge is 0.309 e. The van der Waals surface area contributed by atoms with Gasteiger partial charge in [-0.3, -0.25) is 9.59 Å². The Kier molecular flexibility index (Phi) is 4.92. The number of ether oxygens (including phenoxy) is 2. The number of amides is 1. The van der Waals surface area contributed by atoms with Gasteiger partial charge in [-0.1, -0.05) is 12.1 Å². The molecule has 0 aromatic heterocycles. The molecule has 1 aromatic rings. The minimum Gasteiger partial charge on any atom is -0.492 e. The van der Waals surface area contributed by atoms with Gasteiger partial charge in [0.1, 0.15) is 11.4 Å². The predicted molar refractivity (Wildman–Crippen MR) is 70.9 cm³/mol. The average molecular weight is 265 g/mol. The molecule has 0 spiro atoms. The molecule has 5 heteroatoms. The molecule has 2 N–H and O–H groups in total. The molecule has 0 saturated heterocycles. The summed E-state index contributed by atoms with van der Waals surface area (Å²) in [4.78, 5) is 22.6. The number of benzene rings is 1. The second-order valence-corrected chi connectivity index (χ2v) is 5.05. The standard InChI is InChI=1S/C14H19NO4/c1-14(2,3)19-12(16)8-9-18-11-7-5-4-6-10(11)13(15)17/h4-7H,8-9H2,1-3H3,(H2,15,17). The lowest BCUT2D eigenvalue weighted by molar-refractivity contribution is -0.155. The lowest BCUT2D eigenvalue weighted by atomic mass is 10.2. The third-order valence-electron chi connectivity index (χ3n) is 2.14. The lowest BCUT2D eigenvalue weighted by Crippen LogP contribution is -2.25. The summed E-state index contributed by atoms with van der Waals surface area (Å²) in [7, 11) is 0. The van der Waals surface area contributed by atoms with Gasteiger partial charge in [-0.25, -0.2) is 0 Å². The van der Waals surface area contributed by atoms with Crippen LogP contribution < -0.4 is 10.5 Å². The average Bonchev–Trinajstić information content (AvgIpc) is 2.27. The molecule has 104 valence electrons. The van der Waals surface area contributed by atoms with Crippen molar-refractivity contribution in [1.29, 1.82) is 0 Å². The van der Waals surface area contributed by atoms with Crippen molar-refractivity contribution in [1.82, 2.24) is 0 Å². The molecule has 0 unspecified atom stereocenters. The van der Waals surface area contributed by atoms with Crippen LogP contribution in [0.4, 0.5) is 0 Å². The molecular formula is C14H19NO4. The van der Waals surface area contributed by atoms with Crippen LogP contribution in [-0.2, 0) is 9.53 Å². The zero-order valence-corrected chi connectivity index (χ0v) is 11.4. The van der Waals surface area contributed by atoms with Crippen molar-refractivity contribution in [2.24, 2.45) is 5.73 Å². The Morgan fingerprint density at radius 1 is 1.21 bits per heavy atom. The van der Waals surface area contributed by atoms with Gasteiger partial charge < -0.3 is 15.2 Å². The van der Waals surface area contributed by atoms with Crippen molar-refractivity contribution in [2.45, 2.75) is 32.8 Å². The molecule has 0 aliphatic carbocycles. The molecule has 0 aliphatic heterocycles. The highest BCUT2D eigenvalue weighted by Gasteiger charge is 2.16. The van der Waals surface area contributed by atoms with Gasteiger partial charge in [-0.15, -0.1) is 0 Å². The maximum atomic E-state index is 11.5. The van der Waals surface area contributed by atoms with Crippen molar-refractivity contribution in [3.8, 4) is 5.75 Å². The number of esters is 1. The Labute approximate surface area is 112 Å². The van der Waals surface area contributed by atoms with Gasteiger partial charge in [0.05, 0.1) is 18.6 Å². The van der Waals surface area contributed by atoms with Crippen LogP contribution in [0.3, 0.4) is 0 Å². The van der Waals surface area contributed by atoms with Crippen LogP contribution in [0.25, 0.3) is 0 Å². The monoisotopic (exact) mass is 265 g/mol. The predicted octanol–water partition coefficient (Wildman–Crippen LogP) is 1.90. The third-order valence-corrected chi connectivity index (χ3v) is 2.14. The van der Waals surface area contributed by atoms with Crippen LogP contribution >= 0.6 is 0 Å². The van der Waals surface area contributed by atoms with Crippen LogP contribution in [0.15, 0.2) is 24.3 Å². The minimum absolute atomic E-state index is 0.115. The van der Waals surface area contributed by atoms with Gasteiger partial charge >= 0.3 is 5.97 Å². The molecule has 1 rings (SSSR count). The molecule has 0 bridgehead atoms. The number of primary amides is 1. The van der Waals surface area contributed by atoms with Crippen LogP contribution in [0.2, 0.25) is 0 Å². The van der Waals surface area contributed by atoms with Crippen molar-refractivity contribution < 1.29 is 19.1 Å². The number of carbonyl (C=O) groups excluding carboxylic acids is 2. The maximum absolute atomic E-state index is 11.5. The van der Waals surface area contributed by atoms with E-state index < -0.39 is 11.5 Å². The zero-order chi connectivity index (χ0) is 14.5. The Balaban J connectivity index is 2.50. The van der Waals surface area contributed by atoms with E-state index in [1.54, 1.807) is 45.0 Å². The molecule has 0 fully saturated rings. The Hall–Kier alpha value is -2.04. The van der Waals surface area contributed by atoms with Crippen molar-refractivity contribution in [3.05, 3.63) is 29.8 Å². The van der Waals surface area contributed by atoms with Crippen molar-refractivity contribution in [2.75, 3.05) is 6.61 Å². The Morgan fingerprint density at radius 2 is 1.84 bits per heavy atom. The van der Waals surface area contributed by atoms with E-state index >= 15 is 0 Å². The first-order valence-electron chi connectivity index (χ1n) is 6.03. The van der Waals surface area contributed by atoms with E-state index in [9.17, 15) is 9.59 Å². The summed E-state index contributed by atoms with van der Waals surface area (Å²) in [6.45, 7) is 5.54. The molecule has 5 nitrogen and oxygen atoms in total. The topological polar surface area (TPSA) is 78.6 Å². The highest BCUT2D eigenvalue weighted by atomic mass is 16.6. The van der Waals surface area contributed by atoms with E-state index in [1.807, 2.05) is 0 Å². The maximum Gasteiger partial charge on any atom is 0.309 e. The molecular weight excluding hydrogens is 246 g/mol. The second-order valence-electron chi connectivity index (χ2n) is 5.05. The van der Waals surface area contributed by atoms with Crippen LogP contribution in [-0.4, -0.2) is 24.1 Å². The SMILES string of the molecule is CC(C)(C)OC(=O)CCOc1ccccc1C(N)=O. The van der Waals surface area contributed by atoms with E-state index in [1.165, 1.54) is 0 Å². The molecule has 0 aliphatic rings. The van der Waals surface area contributed by atoms with Gasteiger partial charge in [0, 0.05) is 0 Å². The fourth-order valence-electron chi connectivity index (χ4n) is 1.43. The number of rotatable bonds is 5. The fourth-order valence-corrected chi connectivity index (χ4v) is 1.43. The van der Waals surface area contributed by atoms with Gasteiger partial charge in [-0.05, 0) is 32.9 Å². The first-order valence-corrected chi connectivity index (χ1v) is 6.03. The zero-order valence-electron chi connectivity index (χ0n) is 11.4. The highest BCUT2D eigenvalue weighted by Crippen LogP contribution is 2.17. The summed E-state index contributed by atoms with van der Waals surface area (Å²) < 4.78 is 10.5. The van der Waals surface area contributed by atoms with Gasteiger partial charge in [0.15, 0.2) is 0 Å². The molecule has 0 saturated carbocycles. The Morgan fingerprint density at radius 3 is 2.42 bits per heavy atom. The third kappa shape index (κ3) is 5.42. The lowest BCUT2D eigenvalue weighted by Gasteiger charge is -2.19. The Bertz CT molecular complexity index is 463.